The van der Waals surface area contributed by atoms with Crippen molar-refractivity contribution in [1.29, 1.82) is 0 Å². The van der Waals surface area contributed by atoms with Crippen molar-refractivity contribution in [1.82, 2.24) is 9.55 Å². The Morgan fingerprint density at radius 1 is 0.725 bits per heavy atom. The Bertz CT molecular complexity index is 2030. The maximum absolute atomic E-state index is 4.52. The first-order valence-corrected chi connectivity index (χ1v) is 14.1. The summed E-state index contributed by atoms with van der Waals surface area (Å²) >= 11 is 1.74. The van der Waals surface area contributed by atoms with Crippen LogP contribution in [0.5, 0.6) is 0 Å². The van der Waals surface area contributed by atoms with Crippen molar-refractivity contribution in [2.45, 2.75) is 19.3 Å². The maximum atomic E-state index is 4.52. The Hall–Kier alpha value is -3.82. The van der Waals surface area contributed by atoms with Gasteiger partial charge in [-0.1, -0.05) is 95.9 Å². The van der Waals surface area contributed by atoms with Gasteiger partial charge in [0, 0.05) is 48.2 Å². The van der Waals surface area contributed by atoms with Crippen molar-refractivity contribution in [2.24, 2.45) is 0 Å². The minimum Gasteiger partial charge on any atom is -0.319 e. The molecule has 3 aromatic heterocycles. The van der Waals surface area contributed by atoms with E-state index < -0.39 is 0 Å². The second-order valence-corrected chi connectivity index (χ2v) is 11.8. The summed E-state index contributed by atoms with van der Waals surface area (Å²) in [6.07, 6.45) is 1.84. The molecule has 8 rings (SSSR count). The molecule has 7 aromatic rings. The third-order valence-corrected chi connectivity index (χ3v) is 9.32. The van der Waals surface area contributed by atoms with Gasteiger partial charge in [-0.3, -0.25) is 0 Å². The van der Waals surface area contributed by atoms with Crippen molar-refractivity contribution in [3.8, 4) is 37.8 Å². The van der Waals surface area contributed by atoms with Gasteiger partial charge >= 0.3 is 0 Å². The van der Waals surface area contributed by atoms with Crippen molar-refractivity contribution < 1.29 is 20.1 Å². The van der Waals surface area contributed by atoms with Crippen molar-refractivity contribution >= 4 is 33.1 Å². The molecule has 0 atom stereocenters. The van der Waals surface area contributed by atoms with E-state index >= 15 is 0 Å². The molecule has 4 heteroatoms. The minimum atomic E-state index is -0.0437. The first-order valence-electron chi connectivity index (χ1n) is 13.3. The molecule has 4 aromatic carbocycles. The first kappa shape index (κ1) is 25.2. The maximum Gasteiger partial charge on any atom is 0.0544 e. The molecule has 2 nitrogen and oxygen atoms in total. The fraction of sp³-hybridized carbons (Fsp3) is 0.0833. The number of nitrogens with zero attached hydrogens (tertiary/aromatic N) is 2. The Morgan fingerprint density at radius 3 is 2.33 bits per heavy atom. The van der Waals surface area contributed by atoms with Gasteiger partial charge in [-0.2, -0.15) is 12.1 Å². The topological polar surface area (TPSA) is 17.8 Å². The summed E-state index contributed by atoms with van der Waals surface area (Å²) in [6, 6.07) is 42.9. The summed E-state index contributed by atoms with van der Waals surface area (Å²) in [6.45, 7) is 4.70. The van der Waals surface area contributed by atoms with Crippen LogP contribution in [0.4, 0.5) is 0 Å². The predicted octanol–water partition coefficient (Wildman–Crippen LogP) is 9.68. The molecule has 0 aliphatic heterocycles. The van der Waals surface area contributed by atoms with E-state index in [9.17, 15) is 0 Å². The van der Waals surface area contributed by atoms with Crippen LogP contribution < -0.4 is 0 Å². The van der Waals surface area contributed by atoms with Gasteiger partial charge < -0.3 is 9.55 Å². The average Bonchev–Trinajstić information content (AvgIpc) is 3.66. The van der Waals surface area contributed by atoms with E-state index in [-0.39, 0.29) is 25.5 Å². The van der Waals surface area contributed by atoms with Gasteiger partial charge in [0.25, 0.3) is 0 Å². The Kier molecular flexibility index (Phi) is 5.90. The molecule has 0 fully saturated rings. The monoisotopic (exact) mass is 710 g/mol. The number of rotatable bonds is 3. The molecule has 0 spiro atoms. The van der Waals surface area contributed by atoms with Gasteiger partial charge in [0.05, 0.1) is 11.0 Å². The van der Waals surface area contributed by atoms with Crippen LogP contribution in [0.15, 0.2) is 115 Å². The zero-order valence-corrected chi connectivity index (χ0v) is 25.3. The van der Waals surface area contributed by atoms with E-state index in [0.717, 1.165) is 10.6 Å². The van der Waals surface area contributed by atoms with E-state index in [2.05, 4.69) is 120 Å². The van der Waals surface area contributed by atoms with E-state index in [1.807, 2.05) is 24.4 Å². The Morgan fingerprint density at radius 2 is 1.50 bits per heavy atom. The smallest absolute Gasteiger partial charge is 0.0544 e. The molecule has 0 saturated heterocycles. The third-order valence-electron chi connectivity index (χ3n) is 8.21. The van der Waals surface area contributed by atoms with E-state index in [4.69, 9.17) is 0 Å². The molecule has 0 saturated carbocycles. The Labute approximate surface area is 251 Å². The van der Waals surface area contributed by atoms with Gasteiger partial charge in [-0.05, 0) is 64.3 Å². The molecule has 0 amide bonds. The van der Waals surface area contributed by atoms with Crippen LogP contribution in [0.1, 0.15) is 25.0 Å². The standard InChI is InChI=1S/C36H25N2S.Ir/c1-36(2)29-13-7-6-12-25(29)26-21-28-27-20-23(34-17-18-35(39-34)31-14-8-9-19-37-31)15-16-32(27)38(33(28)22-30(26)36)24-10-4-3-5-11-24;/h3-17,19-22H,1-2H3;/q-1;. The first-order chi connectivity index (χ1) is 19.1. The number of benzene rings is 4. The van der Waals surface area contributed by atoms with Gasteiger partial charge in [0.1, 0.15) is 0 Å². The number of aromatic nitrogens is 2. The van der Waals surface area contributed by atoms with Crippen LogP contribution in [0.2, 0.25) is 0 Å². The van der Waals surface area contributed by atoms with E-state index in [1.165, 1.54) is 60.2 Å². The van der Waals surface area contributed by atoms with E-state index in [0.29, 0.717) is 0 Å². The second-order valence-electron chi connectivity index (χ2n) is 10.8. The quantitative estimate of drug-likeness (QED) is 0.167. The zero-order valence-electron chi connectivity index (χ0n) is 22.1. The summed E-state index contributed by atoms with van der Waals surface area (Å²) in [7, 11) is 0. The predicted molar refractivity (Wildman–Crippen MR) is 164 cm³/mol. The molecule has 1 aliphatic carbocycles. The minimum absolute atomic E-state index is 0. The molecule has 0 N–H and O–H groups in total. The van der Waals surface area contributed by atoms with Crippen LogP contribution in [-0.4, -0.2) is 9.55 Å². The summed E-state index contributed by atoms with van der Waals surface area (Å²) in [5.41, 5.74) is 11.3. The number of thiophene rings is 1. The fourth-order valence-electron chi connectivity index (χ4n) is 6.29. The molecular weight excluding hydrogens is 685 g/mol. The number of hydrogen-bond donors (Lipinski definition) is 0. The largest absolute Gasteiger partial charge is 0.319 e. The molecule has 1 aliphatic rings. The molecular formula is C36H25IrN2S-. The number of para-hydroxylation sites is 1. The van der Waals surface area contributed by atoms with Gasteiger partial charge in [0.15, 0.2) is 0 Å². The summed E-state index contributed by atoms with van der Waals surface area (Å²) in [5, 5.41) is 2.55. The molecule has 195 valence electrons. The number of pyridine rings is 1. The van der Waals surface area contributed by atoms with E-state index in [1.54, 1.807) is 11.3 Å². The number of hydrogen-bond acceptors (Lipinski definition) is 2. The van der Waals surface area contributed by atoms with Gasteiger partial charge in [-0.15, -0.1) is 0 Å². The molecule has 40 heavy (non-hydrogen) atoms. The van der Waals surface area contributed by atoms with Crippen molar-refractivity contribution in [3.05, 3.63) is 133 Å². The van der Waals surface area contributed by atoms with Crippen molar-refractivity contribution in [3.63, 3.8) is 0 Å². The summed E-state index contributed by atoms with van der Waals surface area (Å²) < 4.78 is 2.42. The average molecular weight is 710 g/mol. The van der Waals surface area contributed by atoms with Crippen LogP contribution in [0, 0.1) is 6.07 Å². The van der Waals surface area contributed by atoms with Gasteiger partial charge in [0.2, 0.25) is 0 Å². The summed E-state index contributed by atoms with van der Waals surface area (Å²) in [5.74, 6) is 0. The third kappa shape index (κ3) is 3.68. The molecule has 0 bridgehead atoms. The van der Waals surface area contributed by atoms with Crippen LogP contribution in [0.25, 0.3) is 59.6 Å². The number of fused-ring (bicyclic) bond motifs is 6. The second kappa shape index (κ2) is 9.38. The van der Waals surface area contributed by atoms with Crippen LogP contribution in [-0.2, 0) is 25.5 Å². The van der Waals surface area contributed by atoms with Crippen LogP contribution >= 0.6 is 11.3 Å². The van der Waals surface area contributed by atoms with Gasteiger partial charge in [-0.25, -0.2) is 11.3 Å². The molecule has 0 unspecified atom stereocenters. The van der Waals surface area contributed by atoms with Crippen molar-refractivity contribution in [2.75, 3.05) is 0 Å². The normalized spacial score (nSPS) is 13.2. The molecule has 1 radical (unpaired) electrons. The zero-order chi connectivity index (χ0) is 26.1. The van der Waals surface area contributed by atoms with Crippen LogP contribution in [0.3, 0.4) is 0 Å². The molecule has 3 heterocycles. The SMILES string of the molecule is CC1(C)c2ccccc2-c2cc3c4cc(-c5c[c-]c(-c6ccccn6)s5)ccc4n(-c4ccccc4)c3cc21.[Ir]. The fourth-order valence-corrected chi connectivity index (χ4v) is 7.21. The summed E-state index contributed by atoms with van der Waals surface area (Å²) in [4.78, 5) is 6.79. The Balaban J connectivity index is 0.00000264.